The van der Waals surface area contributed by atoms with Crippen molar-refractivity contribution in [2.75, 3.05) is 6.54 Å². The largest absolute Gasteiger partial charge is 0.292 e. The standard InChI is InChI=1S/C15H12ClN3O/c16-13-5-6-14(17-10-13)15(20)19-8-7-11-3-1-2-4-12(11)9-18-19/h1-6,9-10H,7-8H2. The third kappa shape index (κ3) is 2.56. The van der Waals surface area contributed by atoms with Crippen molar-refractivity contribution in [2.24, 2.45) is 5.10 Å². The molecule has 5 heteroatoms. The topological polar surface area (TPSA) is 45.6 Å². The molecule has 2 heterocycles. The van der Waals surface area contributed by atoms with Crippen LogP contribution >= 0.6 is 11.6 Å². The van der Waals surface area contributed by atoms with Gasteiger partial charge in [-0.2, -0.15) is 5.10 Å². The van der Waals surface area contributed by atoms with Crippen molar-refractivity contribution in [1.82, 2.24) is 9.99 Å². The number of halogens is 1. The minimum Gasteiger partial charge on any atom is -0.265 e. The molecule has 2 aromatic rings. The lowest BCUT2D eigenvalue weighted by Gasteiger charge is -2.14. The van der Waals surface area contributed by atoms with Gasteiger partial charge in [0, 0.05) is 12.7 Å². The number of pyridine rings is 1. The zero-order valence-corrected chi connectivity index (χ0v) is 11.4. The van der Waals surface area contributed by atoms with Crippen molar-refractivity contribution >= 4 is 23.7 Å². The van der Waals surface area contributed by atoms with Gasteiger partial charge in [-0.3, -0.25) is 4.79 Å². The summed E-state index contributed by atoms with van der Waals surface area (Å²) in [7, 11) is 0. The SMILES string of the molecule is O=C(c1ccc(Cl)cn1)N1CCc2ccccc2C=N1. The van der Waals surface area contributed by atoms with Gasteiger partial charge >= 0.3 is 0 Å². The zero-order chi connectivity index (χ0) is 13.9. The minimum absolute atomic E-state index is 0.217. The molecule has 0 bridgehead atoms. The van der Waals surface area contributed by atoms with Crippen LogP contribution in [0.15, 0.2) is 47.7 Å². The number of fused-ring (bicyclic) bond motifs is 1. The quantitative estimate of drug-likeness (QED) is 0.809. The number of amides is 1. The molecule has 1 aromatic carbocycles. The number of benzene rings is 1. The summed E-state index contributed by atoms with van der Waals surface area (Å²) in [6.07, 6.45) is 3.96. The Hall–Kier alpha value is -2.20. The lowest BCUT2D eigenvalue weighted by molar-refractivity contribution is 0.0759. The van der Waals surface area contributed by atoms with Crippen LogP contribution in [-0.2, 0) is 6.42 Å². The highest BCUT2D eigenvalue weighted by Gasteiger charge is 2.18. The van der Waals surface area contributed by atoms with Gasteiger partial charge < -0.3 is 0 Å². The first kappa shape index (κ1) is 12.8. The molecule has 0 atom stereocenters. The highest BCUT2D eigenvalue weighted by atomic mass is 35.5. The highest BCUT2D eigenvalue weighted by molar-refractivity contribution is 6.30. The van der Waals surface area contributed by atoms with Crippen LogP contribution in [0.5, 0.6) is 0 Å². The molecule has 3 rings (SSSR count). The van der Waals surface area contributed by atoms with E-state index in [2.05, 4.69) is 16.2 Å². The smallest absolute Gasteiger partial charge is 0.265 e. The molecule has 0 spiro atoms. The van der Waals surface area contributed by atoms with Crippen molar-refractivity contribution in [3.8, 4) is 0 Å². The Morgan fingerprint density at radius 3 is 2.85 bits per heavy atom. The second-order valence-corrected chi connectivity index (χ2v) is 4.92. The number of hydrazone groups is 1. The van der Waals surface area contributed by atoms with Crippen molar-refractivity contribution < 1.29 is 4.79 Å². The predicted octanol–water partition coefficient (Wildman–Crippen LogP) is 2.77. The summed E-state index contributed by atoms with van der Waals surface area (Å²) in [5, 5.41) is 6.20. The van der Waals surface area contributed by atoms with Crippen LogP contribution < -0.4 is 0 Å². The fourth-order valence-corrected chi connectivity index (χ4v) is 2.20. The van der Waals surface area contributed by atoms with E-state index in [0.29, 0.717) is 17.3 Å². The van der Waals surface area contributed by atoms with E-state index in [1.54, 1.807) is 18.3 Å². The Labute approximate surface area is 121 Å². The van der Waals surface area contributed by atoms with Crippen molar-refractivity contribution in [1.29, 1.82) is 0 Å². The fraction of sp³-hybridized carbons (Fsp3) is 0.133. The van der Waals surface area contributed by atoms with Crippen LogP contribution in [0.25, 0.3) is 0 Å². The molecule has 0 radical (unpaired) electrons. The number of rotatable bonds is 1. The van der Waals surface area contributed by atoms with E-state index in [-0.39, 0.29) is 5.91 Å². The third-order valence-electron chi connectivity index (χ3n) is 3.17. The maximum absolute atomic E-state index is 12.3. The first-order valence-electron chi connectivity index (χ1n) is 6.29. The average Bonchev–Trinajstić information content (AvgIpc) is 2.70. The van der Waals surface area contributed by atoms with Gasteiger partial charge in [-0.05, 0) is 29.7 Å². The molecule has 100 valence electrons. The minimum atomic E-state index is -0.217. The maximum atomic E-state index is 12.3. The van der Waals surface area contributed by atoms with E-state index < -0.39 is 0 Å². The number of nitrogens with zero attached hydrogens (tertiary/aromatic N) is 3. The maximum Gasteiger partial charge on any atom is 0.292 e. The molecular formula is C15H12ClN3O. The van der Waals surface area contributed by atoms with E-state index in [1.165, 1.54) is 16.8 Å². The van der Waals surface area contributed by atoms with Crippen molar-refractivity contribution in [2.45, 2.75) is 6.42 Å². The van der Waals surface area contributed by atoms with Gasteiger partial charge in [0.05, 0.1) is 11.2 Å². The predicted molar refractivity (Wildman–Crippen MR) is 78.0 cm³/mol. The number of carbonyl (C=O) groups excluding carboxylic acids is 1. The molecule has 0 unspecified atom stereocenters. The van der Waals surface area contributed by atoms with Crippen LogP contribution in [0.4, 0.5) is 0 Å². The summed E-state index contributed by atoms with van der Waals surface area (Å²) < 4.78 is 0. The molecule has 1 aromatic heterocycles. The van der Waals surface area contributed by atoms with Gasteiger partial charge in [0.2, 0.25) is 0 Å². The van der Waals surface area contributed by atoms with E-state index in [1.807, 2.05) is 18.2 Å². The molecular weight excluding hydrogens is 274 g/mol. The summed E-state index contributed by atoms with van der Waals surface area (Å²) in [5.74, 6) is -0.217. The Bertz CT molecular complexity index is 667. The van der Waals surface area contributed by atoms with E-state index in [4.69, 9.17) is 11.6 Å². The molecule has 0 aliphatic carbocycles. The fourth-order valence-electron chi connectivity index (χ4n) is 2.09. The lowest BCUT2D eigenvalue weighted by Crippen LogP contribution is -2.28. The van der Waals surface area contributed by atoms with Crippen LogP contribution in [0, 0.1) is 0 Å². The zero-order valence-electron chi connectivity index (χ0n) is 10.7. The van der Waals surface area contributed by atoms with Gasteiger partial charge in [-0.15, -0.1) is 0 Å². The van der Waals surface area contributed by atoms with Crippen LogP contribution in [0.1, 0.15) is 21.6 Å². The van der Waals surface area contributed by atoms with Gasteiger partial charge in [-0.25, -0.2) is 9.99 Å². The summed E-state index contributed by atoms with van der Waals surface area (Å²) in [5.41, 5.74) is 2.58. The lowest BCUT2D eigenvalue weighted by atomic mass is 10.1. The number of hydrogen-bond donors (Lipinski definition) is 0. The summed E-state index contributed by atoms with van der Waals surface area (Å²) in [4.78, 5) is 16.4. The highest BCUT2D eigenvalue weighted by Crippen LogP contribution is 2.14. The van der Waals surface area contributed by atoms with Gasteiger partial charge in [0.1, 0.15) is 5.69 Å². The Morgan fingerprint density at radius 1 is 1.20 bits per heavy atom. The molecule has 1 amide bonds. The number of aromatic nitrogens is 1. The Morgan fingerprint density at radius 2 is 2.05 bits per heavy atom. The molecule has 0 N–H and O–H groups in total. The molecule has 0 saturated carbocycles. The molecule has 20 heavy (non-hydrogen) atoms. The summed E-state index contributed by atoms with van der Waals surface area (Å²) in [6.45, 7) is 0.538. The molecule has 1 aliphatic heterocycles. The third-order valence-corrected chi connectivity index (χ3v) is 3.39. The molecule has 4 nitrogen and oxygen atoms in total. The van der Waals surface area contributed by atoms with Gasteiger partial charge in [-0.1, -0.05) is 35.9 Å². The van der Waals surface area contributed by atoms with Gasteiger partial charge in [0.25, 0.3) is 5.91 Å². The second-order valence-electron chi connectivity index (χ2n) is 4.48. The Kier molecular flexibility index (Phi) is 3.48. The normalized spacial score (nSPS) is 13.8. The monoisotopic (exact) mass is 285 g/mol. The number of carbonyl (C=O) groups is 1. The van der Waals surface area contributed by atoms with E-state index in [9.17, 15) is 4.79 Å². The van der Waals surface area contributed by atoms with E-state index >= 15 is 0 Å². The van der Waals surface area contributed by atoms with Crippen LogP contribution in [0.2, 0.25) is 5.02 Å². The van der Waals surface area contributed by atoms with Crippen LogP contribution in [0.3, 0.4) is 0 Å². The second kappa shape index (κ2) is 5.43. The first-order chi connectivity index (χ1) is 9.74. The van der Waals surface area contributed by atoms with E-state index in [0.717, 1.165) is 12.0 Å². The van der Waals surface area contributed by atoms with Gasteiger partial charge in [0.15, 0.2) is 0 Å². The average molecular weight is 286 g/mol. The summed E-state index contributed by atoms with van der Waals surface area (Å²) in [6, 6.07) is 11.3. The van der Waals surface area contributed by atoms with Crippen LogP contribution in [-0.4, -0.2) is 28.7 Å². The molecule has 1 aliphatic rings. The Balaban J connectivity index is 1.83. The first-order valence-corrected chi connectivity index (χ1v) is 6.67. The van der Waals surface area contributed by atoms with Crippen molar-refractivity contribution in [3.05, 3.63) is 64.4 Å². The number of hydrogen-bond acceptors (Lipinski definition) is 3. The molecule has 0 saturated heterocycles. The van der Waals surface area contributed by atoms with Crippen molar-refractivity contribution in [3.63, 3.8) is 0 Å². The molecule has 0 fully saturated rings. The summed E-state index contributed by atoms with van der Waals surface area (Å²) >= 11 is 5.77.